The molecule has 0 spiro atoms. The van der Waals surface area contributed by atoms with Crippen LogP contribution in [0, 0.1) is 22.9 Å². The molecule has 24 heavy (non-hydrogen) atoms. The Morgan fingerprint density at radius 2 is 1.92 bits per heavy atom. The molecule has 7 heteroatoms. The van der Waals surface area contributed by atoms with Crippen molar-refractivity contribution in [2.75, 3.05) is 6.54 Å². The van der Waals surface area contributed by atoms with Gasteiger partial charge in [-0.15, -0.1) is 0 Å². The lowest BCUT2D eigenvalue weighted by Crippen LogP contribution is -2.38. The monoisotopic (exact) mass is 332 g/mol. The fraction of sp³-hybridized carbons (Fsp3) is 0.235. The zero-order chi connectivity index (χ0) is 17.9. The lowest BCUT2D eigenvalue weighted by atomic mass is 9.96. The minimum absolute atomic E-state index is 0.0649. The van der Waals surface area contributed by atoms with Crippen molar-refractivity contribution in [3.63, 3.8) is 0 Å². The predicted octanol–water partition coefficient (Wildman–Crippen LogP) is 2.68. The van der Waals surface area contributed by atoms with Crippen LogP contribution in [0.5, 0.6) is 0 Å². The van der Waals surface area contributed by atoms with Gasteiger partial charge >= 0.3 is 0 Å². The van der Waals surface area contributed by atoms with E-state index >= 15 is 0 Å². The summed E-state index contributed by atoms with van der Waals surface area (Å²) in [5.74, 6) is -0.879. The number of nitrogens with zero attached hydrogens (tertiary/aromatic N) is 1. The normalized spacial score (nSPS) is 13.2. The number of rotatable bonds is 5. The fourth-order valence-corrected chi connectivity index (χ4v) is 2.27. The highest BCUT2D eigenvalue weighted by atomic mass is 19.1. The number of benzene rings is 2. The first-order valence-corrected chi connectivity index (χ1v) is 7.22. The largest absolute Gasteiger partial charge is 0.384 e. The predicted molar refractivity (Wildman–Crippen MR) is 86.1 cm³/mol. The highest BCUT2D eigenvalue weighted by molar-refractivity contribution is 5.94. The first kappa shape index (κ1) is 17.6. The summed E-state index contributed by atoms with van der Waals surface area (Å²) in [5.41, 5.74) is -0.348. The van der Waals surface area contributed by atoms with Gasteiger partial charge in [-0.3, -0.25) is 14.9 Å². The van der Waals surface area contributed by atoms with Gasteiger partial charge in [0.05, 0.1) is 11.5 Å². The molecular weight excluding hydrogens is 315 g/mol. The van der Waals surface area contributed by atoms with Gasteiger partial charge in [-0.1, -0.05) is 12.1 Å². The molecule has 1 unspecified atom stereocenters. The molecule has 0 aromatic heterocycles. The van der Waals surface area contributed by atoms with Crippen LogP contribution in [-0.2, 0) is 5.60 Å². The first-order chi connectivity index (χ1) is 11.2. The van der Waals surface area contributed by atoms with E-state index in [4.69, 9.17) is 0 Å². The Bertz CT molecular complexity index is 773. The van der Waals surface area contributed by atoms with Crippen molar-refractivity contribution in [1.82, 2.24) is 5.32 Å². The van der Waals surface area contributed by atoms with Gasteiger partial charge in [0.25, 0.3) is 11.6 Å². The summed E-state index contributed by atoms with van der Waals surface area (Å²) in [6.45, 7) is 2.96. The summed E-state index contributed by atoms with van der Waals surface area (Å²) in [4.78, 5) is 22.4. The standard InChI is InChI=1S/C17H17FN2O4/c1-11-9-12(3-8-15(11)20(23)24)16(21)19-10-17(2,22)13-4-6-14(18)7-5-13/h3-9,22H,10H2,1-2H3,(H,19,21). The number of carbonyl (C=O) groups is 1. The van der Waals surface area contributed by atoms with E-state index < -0.39 is 22.2 Å². The summed E-state index contributed by atoms with van der Waals surface area (Å²) in [6.07, 6.45) is 0. The number of aryl methyl sites for hydroxylation is 1. The highest BCUT2D eigenvalue weighted by Gasteiger charge is 2.24. The van der Waals surface area contributed by atoms with Crippen molar-refractivity contribution in [1.29, 1.82) is 0 Å². The van der Waals surface area contributed by atoms with Crippen LogP contribution in [0.25, 0.3) is 0 Å². The molecule has 1 atom stereocenters. The maximum absolute atomic E-state index is 12.9. The third kappa shape index (κ3) is 3.94. The fourth-order valence-electron chi connectivity index (χ4n) is 2.27. The quantitative estimate of drug-likeness (QED) is 0.650. The van der Waals surface area contributed by atoms with Crippen LogP contribution in [0.15, 0.2) is 42.5 Å². The van der Waals surface area contributed by atoms with Crippen molar-refractivity contribution in [2.45, 2.75) is 19.4 Å². The average Bonchev–Trinajstić information content (AvgIpc) is 2.52. The Labute approximate surface area is 138 Å². The molecule has 0 bridgehead atoms. The van der Waals surface area contributed by atoms with Crippen LogP contribution in [0.2, 0.25) is 0 Å². The van der Waals surface area contributed by atoms with Crippen LogP contribution in [-0.4, -0.2) is 22.5 Å². The molecule has 126 valence electrons. The van der Waals surface area contributed by atoms with Gasteiger partial charge in [-0.2, -0.15) is 0 Å². The number of hydrogen-bond acceptors (Lipinski definition) is 4. The molecule has 0 saturated heterocycles. The Balaban J connectivity index is 2.08. The van der Waals surface area contributed by atoms with Crippen LogP contribution in [0.1, 0.15) is 28.4 Å². The second-order valence-corrected chi connectivity index (χ2v) is 5.72. The van der Waals surface area contributed by atoms with Gasteiger partial charge in [0.1, 0.15) is 11.4 Å². The van der Waals surface area contributed by atoms with Crippen LogP contribution < -0.4 is 5.32 Å². The summed E-state index contributed by atoms with van der Waals surface area (Å²) in [5, 5.41) is 23.8. The number of nitro groups is 1. The lowest BCUT2D eigenvalue weighted by Gasteiger charge is -2.24. The molecule has 0 aliphatic heterocycles. The number of halogens is 1. The number of carbonyl (C=O) groups excluding carboxylic acids is 1. The lowest BCUT2D eigenvalue weighted by molar-refractivity contribution is -0.385. The van der Waals surface area contributed by atoms with Gasteiger partial charge in [-0.05, 0) is 43.7 Å². The Kier molecular flexibility index (Phi) is 4.94. The summed E-state index contributed by atoms with van der Waals surface area (Å²) < 4.78 is 12.9. The van der Waals surface area contributed by atoms with Gasteiger partial charge in [-0.25, -0.2) is 4.39 Å². The maximum Gasteiger partial charge on any atom is 0.272 e. The number of aliphatic hydroxyl groups is 1. The molecule has 0 radical (unpaired) electrons. The van der Waals surface area contributed by atoms with E-state index in [1.165, 1.54) is 49.4 Å². The second kappa shape index (κ2) is 6.76. The molecular formula is C17H17FN2O4. The Morgan fingerprint density at radius 3 is 2.46 bits per heavy atom. The van der Waals surface area contributed by atoms with E-state index in [1.54, 1.807) is 6.92 Å². The van der Waals surface area contributed by atoms with Crippen molar-refractivity contribution in [2.24, 2.45) is 0 Å². The van der Waals surface area contributed by atoms with Crippen molar-refractivity contribution in [3.05, 3.63) is 75.1 Å². The SMILES string of the molecule is Cc1cc(C(=O)NCC(C)(O)c2ccc(F)cc2)ccc1[N+](=O)[O-]. The van der Waals surface area contributed by atoms with E-state index in [0.717, 1.165) is 0 Å². The topological polar surface area (TPSA) is 92.5 Å². The Hall–Kier alpha value is -2.80. The number of amides is 1. The van der Waals surface area contributed by atoms with Gasteiger partial charge in [0, 0.05) is 17.2 Å². The van der Waals surface area contributed by atoms with Crippen molar-refractivity contribution >= 4 is 11.6 Å². The van der Waals surface area contributed by atoms with E-state index in [9.17, 15) is 24.4 Å². The number of nitrogens with one attached hydrogen (secondary N) is 1. The molecule has 0 aliphatic carbocycles. The molecule has 0 fully saturated rings. The molecule has 2 rings (SSSR count). The van der Waals surface area contributed by atoms with Gasteiger partial charge in [0.15, 0.2) is 0 Å². The number of hydrogen-bond donors (Lipinski definition) is 2. The van der Waals surface area contributed by atoms with Crippen molar-refractivity contribution in [3.8, 4) is 0 Å². The molecule has 2 aromatic carbocycles. The summed E-state index contributed by atoms with van der Waals surface area (Å²) >= 11 is 0. The zero-order valence-electron chi connectivity index (χ0n) is 13.2. The molecule has 6 nitrogen and oxygen atoms in total. The molecule has 1 amide bonds. The van der Waals surface area contributed by atoms with Crippen molar-refractivity contribution < 1.29 is 19.2 Å². The molecule has 0 heterocycles. The minimum atomic E-state index is -1.38. The third-order valence-corrected chi connectivity index (χ3v) is 3.71. The van der Waals surface area contributed by atoms with E-state index in [0.29, 0.717) is 11.1 Å². The van der Waals surface area contributed by atoms with Gasteiger partial charge in [0.2, 0.25) is 0 Å². The first-order valence-electron chi connectivity index (χ1n) is 7.22. The molecule has 0 aliphatic rings. The van der Waals surface area contributed by atoms with Crippen LogP contribution in [0.3, 0.4) is 0 Å². The molecule has 2 aromatic rings. The second-order valence-electron chi connectivity index (χ2n) is 5.72. The molecule has 2 N–H and O–H groups in total. The third-order valence-electron chi connectivity index (χ3n) is 3.71. The van der Waals surface area contributed by atoms with E-state index in [1.807, 2.05) is 0 Å². The van der Waals surface area contributed by atoms with Crippen LogP contribution >= 0.6 is 0 Å². The minimum Gasteiger partial charge on any atom is -0.384 e. The smallest absolute Gasteiger partial charge is 0.272 e. The maximum atomic E-state index is 12.9. The van der Waals surface area contributed by atoms with E-state index in [2.05, 4.69) is 5.32 Å². The molecule has 0 saturated carbocycles. The Morgan fingerprint density at radius 1 is 1.29 bits per heavy atom. The van der Waals surface area contributed by atoms with E-state index in [-0.39, 0.29) is 17.8 Å². The van der Waals surface area contributed by atoms with Gasteiger partial charge < -0.3 is 10.4 Å². The number of nitro benzene ring substituents is 1. The average molecular weight is 332 g/mol. The highest BCUT2D eigenvalue weighted by Crippen LogP contribution is 2.21. The summed E-state index contributed by atoms with van der Waals surface area (Å²) in [7, 11) is 0. The summed E-state index contributed by atoms with van der Waals surface area (Å²) in [6, 6.07) is 9.38. The van der Waals surface area contributed by atoms with Crippen LogP contribution in [0.4, 0.5) is 10.1 Å². The zero-order valence-corrected chi connectivity index (χ0v) is 13.2.